The molecule has 0 saturated carbocycles. The van der Waals surface area contributed by atoms with Crippen molar-refractivity contribution in [2.24, 2.45) is 5.92 Å². The van der Waals surface area contributed by atoms with Crippen LogP contribution in [0.25, 0.3) is 22.0 Å². The summed E-state index contributed by atoms with van der Waals surface area (Å²) in [5.41, 5.74) is 4.99. The van der Waals surface area contributed by atoms with Gasteiger partial charge in [-0.3, -0.25) is 19.5 Å². The summed E-state index contributed by atoms with van der Waals surface area (Å²) in [4.78, 5) is 19.3. The predicted molar refractivity (Wildman–Crippen MR) is 174 cm³/mol. The Bertz CT molecular complexity index is 1500. The largest absolute Gasteiger partial charge is 0.379 e. The van der Waals surface area contributed by atoms with Crippen molar-refractivity contribution in [1.82, 2.24) is 29.8 Å². The maximum Gasteiger partial charge on any atom is 0.245 e. The lowest BCUT2D eigenvalue weighted by Gasteiger charge is -2.50. The number of hydrogen-bond donors (Lipinski definition) is 1. The minimum atomic E-state index is -0.142. The normalized spacial score (nSPS) is 22.9. The van der Waals surface area contributed by atoms with Crippen molar-refractivity contribution in [3.8, 4) is 11.1 Å². The number of H-pyrrole nitrogens is 1. The number of nitrogens with one attached hydrogen (secondary N) is 1. The first-order chi connectivity index (χ1) is 21.2. The third kappa shape index (κ3) is 5.77. The number of piperidine rings is 1. The number of fused-ring (bicyclic) bond motifs is 1. The molecule has 3 aliphatic heterocycles. The number of benzene rings is 1. The minimum absolute atomic E-state index is 0.00512. The summed E-state index contributed by atoms with van der Waals surface area (Å²) in [5, 5.41) is 14.7. The monoisotopic (exact) mass is 623 g/mol. The van der Waals surface area contributed by atoms with E-state index in [0.717, 1.165) is 103 Å². The van der Waals surface area contributed by atoms with E-state index in [9.17, 15) is 4.79 Å². The first-order valence-electron chi connectivity index (χ1n) is 16.0. The maximum atomic E-state index is 12.3. The predicted octanol–water partition coefficient (Wildman–Crippen LogP) is 5.00. The quantitative estimate of drug-likeness (QED) is 0.370. The van der Waals surface area contributed by atoms with Crippen molar-refractivity contribution in [1.29, 1.82) is 0 Å². The number of aromatic amines is 1. The fourth-order valence-corrected chi connectivity index (χ4v) is 7.61. The summed E-state index contributed by atoms with van der Waals surface area (Å²) in [6.45, 7) is 20.4. The van der Waals surface area contributed by atoms with Crippen LogP contribution in [0.2, 0.25) is 5.02 Å². The molecular formula is C33H46ClN7O3. The smallest absolute Gasteiger partial charge is 0.245 e. The Balaban J connectivity index is 1.39. The van der Waals surface area contributed by atoms with E-state index in [1.54, 1.807) is 0 Å². The van der Waals surface area contributed by atoms with Crippen LogP contribution >= 0.6 is 11.6 Å². The topological polar surface area (TPSA) is 91.8 Å². The molecular weight excluding hydrogens is 578 g/mol. The van der Waals surface area contributed by atoms with E-state index in [2.05, 4.69) is 58.1 Å². The van der Waals surface area contributed by atoms with Crippen LogP contribution in [0.4, 0.5) is 5.82 Å². The number of rotatable bonds is 7. The van der Waals surface area contributed by atoms with E-state index >= 15 is 0 Å². The van der Waals surface area contributed by atoms with Gasteiger partial charge in [0.15, 0.2) is 5.82 Å². The van der Waals surface area contributed by atoms with Crippen molar-refractivity contribution in [2.75, 3.05) is 70.6 Å². The van der Waals surface area contributed by atoms with Gasteiger partial charge in [0, 0.05) is 67.4 Å². The summed E-state index contributed by atoms with van der Waals surface area (Å²) < 4.78 is 13.8. The Kier molecular flexibility index (Phi) is 9.06. The first kappa shape index (κ1) is 31.1. The van der Waals surface area contributed by atoms with Crippen LogP contribution in [0.15, 0.2) is 24.9 Å². The van der Waals surface area contributed by atoms with Crippen molar-refractivity contribution in [3.05, 3.63) is 41.2 Å². The SMILES string of the molecule is C=CC(=O)N1CCC(n2nc(N3CCN(CC4COCCOC4)C[C@]3(C)CC)c(-c3c(Cl)c(C)cc4[nH]ncc34)c2C)CC1. The van der Waals surface area contributed by atoms with Gasteiger partial charge in [0.2, 0.25) is 5.91 Å². The van der Waals surface area contributed by atoms with Crippen LogP contribution in [0.1, 0.15) is 50.4 Å². The Morgan fingerprint density at radius 3 is 2.57 bits per heavy atom. The molecule has 1 amide bonds. The van der Waals surface area contributed by atoms with E-state index in [4.69, 9.17) is 26.2 Å². The number of piperazine rings is 1. The van der Waals surface area contributed by atoms with E-state index in [-0.39, 0.29) is 17.5 Å². The van der Waals surface area contributed by atoms with E-state index in [1.165, 1.54) is 6.08 Å². The number of anilines is 1. The Morgan fingerprint density at radius 1 is 1.16 bits per heavy atom. The lowest BCUT2D eigenvalue weighted by Crippen LogP contribution is -2.61. The molecule has 3 fully saturated rings. The molecule has 1 atom stereocenters. The molecule has 44 heavy (non-hydrogen) atoms. The number of carbonyl (C=O) groups excluding carboxylic acids is 1. The number of nitrogens with zero attached hydrogens (tertiary/aromatic N) is 6. The molecule has 5 heterocycles. The number of likely N-dealkylation sites (tertiary alicyclic amines) is 1. The number of halogens is 1. The van der Waals surface area contributed by atoms with E-state index in [0.29, 0.717) is 32.2 Å². The minimum Gasteiger partial charge on any atom is -0.379 e. The first-order valence-corrected chi connectivity index (χ1v) is 16.4. The molecule has 0 bridgehead atoms. The molecule has 1 N–H and O–H groups in total. The molecule has 3 aliphatic rings. The van der Waals surface area contributed by atoms with Crippen LogP contribution in [0, 0.1) is 19.8 Å². The van der Waals surface area contributed by atoms with Gasteiger partial charge in [-0.15, -0.1) is 0 Å². The fourth-order valence-electron chi connectivity index (χ4n) is 7.36. The van der Waals surface area contributed by atoms with Crippen LogP contribution in [-0.2, 0) is 14.3 Å². The molecule has 0 spiro atoms. The Morgan fingerprint density at radius 2 is 1.89 bits per heavy atom. The molecule has 3 aromatic rings. The van der Waals surface area contributed by atoms with Crippen LogP contribution in [-0.4, -0.2) is 107 Å². The Hall–Kier alpha value is -2.92. The summed E-state index contributed by atoms with van der Waals surface area (Å²) in [5.74, 6) is 1.35. The number of ether oxygens (including phenoxy) is 2. The molecule has 0 radical (unpaired) electrons. The fraction of sp³-hybridized carbons (Fsp3) is 0.606. The highest BCUT2D eigenvalue weighted by molar-refractivity contribution is 6.36. The molecule has 238 valence electrons. The van der Waals surface area contributed by atoms with Crippen molar-refractivity contribution in [3.63, 3.8) is 0 Å². The van der Waals surface area contributed by atoms with E-state index in [1.807, 2.05) is 18.0 Å². The number of aryl methyl sites for hydroxylation is 1. The molecule has 6 rings (SSSR count). The van der Waals surface area contributed by atoms with Gasteiger partial charge in [0.1, 0.15) is 0 Å². The van der Waals surface area contributed by atoms with Gasteiger partial charge < -0.3 is 19.3 Å². The molecule has 0 aliphatic carbocycles. The third-order valence-electron chi connectivity index (χ3n) is 10.0. The molecule has 0 unspecified atom stereocenters. The lowest BCUT2D eigenvalue weighted by molar-refractivity contribution is -0.127. The zero-order chi connectivity index (χ0) is 31.0. The summed E-state index contributed by atoms with van der Waals surface area (Å²) in [6, 6.07) is 2.25. The van der Waals surface area contributed by atoms with Gasteiger partial charge >= 0.3 is 0 Å². The number of aromatic nitrogens is 4. The van der Waals surface area contributed by atoms with Crippen LogP contribution in [0.3, 0.4) is 0 Å². The highest BCUT2D eigenvalue weighted by atomic mass is 35.5. The van der Waals surface area contributed by atoms with Crippen LogP contribution < -0.4 is 4.90 Å². The average molecular weight is 624 g/mol. The molecule has 3 saturated heterocycles. The van der Waals surface area contributed by atoms with Crippen molar-refractivity contribution < 1.29 is 14.3 Å². The standard InChI is InChI=1S/C33H46ClN7O3/c1-6-28(42)39-10-8-25(9-11-39)41-23(4)29(30-26-17-35-36-27(26)16-22(3)31(30)34)32(37-41)40-13-12-38(21-33(40,5)7-2)18-24-19-43-14-15-44-20-24/h6,16-17,24-25H,1,7-15,18-21H2,2-5H3,(H,35,36)/t33-/m0/s1. The summed E-state index contributed by atoms with van der Waals surface area (Å²) >= 11 is 7.18. The van der Waals surface area contributed by atoms with Crippen molar-refractivity contribution >= 4 is 34.2 Å². The average Bonchev–Trinajstić information content (AvgIpc) is 3.52. The summed E-state index contributed by atoms with van der Waals surface area (Å²) in [6.07, 6.45) is 5.94. The van der Waals surface area contributed by atoms with Crippen molar-refractivity contribution in [2.45, 2.75) is 58.5 Å². The van der Waals surface area contributed by atoms with Crippen LogP contribution in [0.5, 0.6) is 0 Å². The summed E-state index contributed by atoms with van der Waals surface area (Å²) in [7, 11) is 0. The number of amides is 1. The second-order valence-corrected chi connectivity index (χ2v) is 13.3. The van der Waals surface area contributed by atoms with Gasteiger partial charge in [0.25, 0.3) is 0 Å². The highest BCUT2D eigenvalue weighted by Crippen LogP contribution is 2.46. The highest BCUT2D eigenvalue weighted by Gasteiger charge is 2.41. The van der Waals surface area contributed by atoms with Gasteiger partial charge in [-0.2, -0.15) is 10.2 Å². The lowest BCUT2D eigenvalue weighted by atomic mass is 9.90. The number of carbonyl (C=O) groups is 1. The van der Waals surface area contributed by atoms with Gasteiger partial charge in [-0.25, -0.2) is 0 Å². The Labute approximate surface area is 265 Å². The molecule has 2 aromatic heterocycles. The second-order valence-electron chi connectivity index (χ2n) is 13.0. The second kappa shape index (κ2) is 12.8. The third-order valence-corrected chi connectivity index (χ3v) is 10.5. The van der Waals surface area contributed by atoms with Gasteiger partial charge in [0.05, 0.1) is 54.7 Å². The number of hydrogen-bond acceptors (Lipinski definition) is 7. The maximum absolute atomic E-state index is 12.3. The molecule has 1 aromatic carbocycles. The van der Waals surface area contributed by atoms with Gasteiger partial charge in [-0.05, 0) is 57.7 Å². The zero-order valence-corrected chi connectivity index (χ0v) is 27.3. The zero-order valence-electron chi connectivity index (χ0n) is 26.6. The van der Waals surface area contributed by atoms with E-state index < -0.39 is 0 Å². The molecule has 10 nitrogen and oxygen atoms in total. The van der Waals surface area contributed by atoms with Gasteiger partial charge in [-0.1, -0.05) is 25.1 Å². The molecule has 11 heteroatoms.